The van der Waals surface area contributed by atoms with Gasteiger partial charge < -0.3 is 5.73 Å². The van der Waals surface area contributed by atoms with Crippen LogP contribution in [0.25, 0.3) is 0 Å². The molecular formula is C15H26ClN3. The van der Waals surface area contributed by atoms with Crippen molar-refractivity contribution in [3.05, 3.63) is 16.4 Å². The largest absolute Gasteiger partial charge is 0.330 e. The summed E-state index contributed by atoms with van der Waals surface area (Å²) in [5, 5.41) is 5.38. The van der Waals surface area contributed by atoms with Gasteiger partial charge in [0.1, 0.15) is 0 Å². The Hall–Kier alpha value is -0.540. The zero-order valence-electron chi connectivity index (χ0n) is 12.4. The quantitative estimate of drug-likeness (QED) is 0.901. The van der Waals surface area contributed by atoms with E-state index in [1.165, 1.54) is 31.4 Å². The van der Waals surface area contributed by atoms with Gasteiger partial charge in [0, 0.05) is 7.05 Å². The SMILES string of the molecule is CCc1nn(C)c(CC2(CN)CCC(CC)C2)c1Cl. The van der Waals surface area contributed by atoms with E-state index < -0.39 is 0 Å². The molecule has 1 aliphatic carbocycles. The molecule has 0 radical (unpaired) electrons. The molecule has 1 fully saturated rings. The molecule has 0 saturated heterocycles. The van der Waals surface area contributed by atoms with Crippen molar-refractivity contribution in [1.82, 2.24) is 9.78 Å². The highest BCUT2D eigenvalue weighted by Gasteiger charge is 2.38. The van der Waals surface area contributed by atoms with E-state index in [-0.39, 0.29) is 5.41 Å². The van der Waals surface area contributed by atoms with E-state index in [0.717, 1.165) is 36.0 Å². The van der Waals surface area contributed by atoms with Crippen LogP contribution >= 0.6 is 11.6 Å². The summed E-state index contributed by atoms with van der Waals surface area (Å²) >= 11 is 6.47. The van der Waals surface area contributed by atoms with E-state index >= 15 is 0 Å². The highest BCUT2D eigenvalue weighted by atomic mass is 35.5. The second-order valence-electron chi connectivity index (χ2n) is 6.08. The van der Waals surface area contributed by atoms with Crippen LogP contribution in [0.4, 0.5) is 0 Å². The third kappa shape index (κ3) is 2.82. The molecule has 2 rings (SSSR count). The summed E-state index contributed by atoms with van der Waals surface area (Å²) in [6.07, 6.45) is 6.90. The van der Waals surface area contributed by atoms with Crippen molar-refractivity contribution >= 4 is 11.6 Å². The molecular weight excluding hydrogens is 258 g/mol. The first-order chi connectivity index (χ1) is 9.05. The maximum Gasteiger partial charge on any atom is 0.0849 e. The topological polar surface area (TPSA) is 43.8 Å². The molecule has 3 nitrogen and oxygen atoms in total. The fourth-order valence-electron chi connectivity index (χ4n) is 3.46. The van der Waals surface area contributed by atoms with Crippen molar-refractivity contribution in [3.8, 4) is 0 Å². The maximum absolute atomic E-state index is 6.47. The number of aromatic nitrogens is 2. The molecule has 0 bridgehead atoms. The summed E-state index contributed by atoms with van der Waals surface area (Å²) in [6, 6.07) is 0. The van der Waals surface area contributed by atoms with E-state index in [1.54, 1.807) is 0 Å². The zero-order chi connectivity index (χ0) is 14.0. The van der Waals surface area contributed by atoms with Gasteiger partial charge in [0.2, 0.25) is 0 Å². The minimum Gasteiger partial charge on any atom is -0.330 e. The number of nitrogens with zero attached hydrogens (tertiary/aromatic N) is 2. The lowest BCUT2D eigenvalue weighted by atomic mass is 9.80. The second-order valence-corrected chi connectivity index (χ2v) is 6.46. The van der Waals surface area contributed by atoms with E-state index in [4.69, 9.17) is 17.3 Å². The van der Waals surface area contributed by atoms with Crippen molar-refractivity contribution in [2.75, 3.05) is 6.54 Å². The van der Waals surface area contributed by atoms with Crippen LogP contribution in [0.3, 0.4) is 0 Å². The molecule has 108 valence electrons. The first kappa shape index (κ1) is 14.9. The van der Waals surface area contributed by atoms with E-state index in [2.05, 4.69) is 18.9 Å². The molecule has 0 aromatic carbocycles. The van der Waals surface area contributed by atoms with Crippen LogP contribution in [0.2, 0.25) is 5.02 Å². The highest BCUT2D eigenvalue weighted by Crippen LogP contribution is 2.45. The predicted molar refractivity (Wildman–Crippen MR) is 80.4 cm³/mol. The van der Waals surface area contributed by atoms with E-state index in [9.17, 15) is 0 Å². The Morgan fingerprint density at radius 2 is 2.21 bits per heavy atom. The summed E-state index contributed by atoms with van der Waals surface area (Å²) in [5.41, 5.74) is 8.52. The fourth-order valence-corrected chi connectivity index (χ4v) is 3.82. The van der Waals surface area contributed by atoms with Gasteiger partial charge in [0.15, 0.2) is 0 Å². The first-order valence-electron chi connectivity index (χ1n) is 7.45. The highest BCUT2D eigenvalue weighted by molar-refractivity contribution is 6.31. The molecule has 0 amide bonds. The molecule has 1 saturated carbocycles. The third-order valence-electron chi connectivity index (χ3n) is 4.86. The Balaban J connectivity index is 2.22. The second kappa shape index (κ2) is 5.84. The molecule has 1 heterocycles. The Morgan fingerprint density at radius 3 is 2.68 bits per heavy atom. The molecule has 1 aromatic rings. The summed E-state index contributed by atoms with van der Waals surface area (Å²) in [7, 11) is 2.00. The van der Waals surface area contributed by atoms with Crippen LogP contribution in [0, 0.1) is 11.3 Å². The van der Waals surface area contributed by atoms with Crippen LogP contribution in [0.5, 0.6) is 0 Å². The molecule has 2 N–H and O–H groups in total. The summed E-state index contributed by atoms with van der Waals surface area (Å²) in [4.78, 5) is 0. The summed E-state index contributed by atoms with van der Waals surface area (Å²) < 4.78 is 1.96. The average Bonchev–Trinajstić information content (AvgIpc) is 2.95. The zero-order valence-corrected chi connectivity index (χ0v) is 13.1. The van der Waals surface area contributed by atoms with E-state index in [0.29, 0.717) is 0 Å². The van der Waals surface area contributed by atoms with E-state index in [1.807, 2.05) is 11.7 Å². The molecule has 0 spiro atoms. The minimum atomic E-state index is 0.239. The van der Waals surface area contributed by atoms with Gasteiger partial charge in [-0.3, -0.25) is 4.68 Å². The van der Waals surface area contributed by atoms with Gasteiger partial charge in [-0.25, -0.2) is 0 Å². The molecule has 1 aromatic heterocycles. The third-order valence-corrected chi connectivity index (χ3v) is 5.30. The Bertz CT molecular complexity index is 441. The standard InChI is InChI=1S/C15H26ClN3/c1-4-11-6-7-15(8-11,10-17)9-13-14(16)12(5-2)18-19(13)3/h11H,4-10,17H2,1-3H3. The van der Waals surface area contributed by atoms with Crippen LogP contribution in [0.1, 0.15) is 50.9 Å². The van der Waals surface area contributed by atoms with Gasteiger partial charge in [-0.15, -0.1) is 0 Å². The summed E-state index contributed by atoms with van der Waals surface area (Å²) in [5.74, 6) is 0.834. The summed E-state index contributed by atoms with van der Waals surface area (Å²) in [6.45, 7) is 5.13. The fraction of sp³-hybridized carbons (Fsp3) is 0.800. The lowest BCUT2D eigenvalue weighted by Gasteiger charge is -2.28. The molecule has 4 heteroatoms. The van der Waals surface area contributed by atoms with Crippen molar-refractivity contribution in [2.45, 2.75) is 52.4 Å². The molecule has 2 unspecified atom stereocenters. The van der Waals surface area contributed by atoms with Crippen LogP contribution < -0.4 is 5.73 Å². The van der Waals surface area contributed by atoms with Crippen LogP contribution in [0.15, 0.2) is 0 Å². The average molecular weight is 284 g/mol. The van der Waals surface area contributed by atoms with Crippen molar-refractivity contribution in [1.29, 1.82) is 0 Å². The normalized spacial score (nSPS) is 27.1. The lowest BCUT2D eigenvalue weighted by molar-refractivity contribution is 0.284. The van der Waals surface area contributed by atoms with Crippen LogP contribution in [-0.2, 0) is 19.9 Å². The Morgan fingerprint density at radius 1 is 1.47 bits per heavy atom. The van der Waals surface area contributed by atoms with Crippen molar-refractivity contribution in [3.63, 3.8) is 0 Å². The number of aryl methyl sites for hydroxylation is 2. The van der Waals surface area contributed by atoms with Gasteiger partial charge in [0.25, 0.3) is 0 Å². The van der Waals surface area contributed by atoms with Gasteiger partial charge >= 0.3 is 0 Å². The first-order valence-corrected chi connectivity index (χ1v) is 7.83. The number of nitrogens with two attached hydrogens (primary N) is 1. The van der Waals surface area contributed by atoms with Crippen LogP contribution in [-0.4, -0.2) is 16.3 Å². The van der Waals surface area contributed by atoms with Crippen molar-refractivity contribution < 1.29 is 0 Å². The molecule has 1 aliphatic rings. The smallest absolute Gasteiger partial charge is 0.0849 e. The monoisotopic (exact) mass is 283 g/mol. The minimum absolute atomic E-state index is 0.239. The van der Waals surface area contributed by atoms with Gasteiger partial charge in [0.05, 0.1) is 16.4 Å². The Labute approximate surface area is 121 Å². The van der Waals surface area contributed by atoms with Gasteiger partial charge in [-0.05, 0) is 50.0 Å². The maximum atomic E-state index is 6.47. The van der Waals surface area contributed by atoms with Crippen molar-refractivity contribution in [2.24, 2.45) is 24.1 Å². The predicted octanol–water partition coefficient (Wildman–Crippen LogP) is 3.33. The van der Waals surface area contributed by atoms with Gasteiger partial charge in [-0.1, -0.05) is 31.9 Å². The Kier molecular flexibility index (Phi) is 4.57. The molecule has 2 atom stereocenters. The number of hydrogen-bond acceptors (Lipinski definition) is 2. The van der Waals surface area contributed by atoms with Gasteiger partial charge in [-0.2, -0.15) is 5.10 Å². The molecule has 19 heavy (non-hydrogen) atoms. The number of halogens is 1. The number of rotatable bonds is 5. The molecule has 0 aliphatic heterocycles. The lowest BCUT2D eigenvalue weighted by Crippen LogP contribution is -2.31. The number of hydrogen-bond donors (Lipinski definition) is 1.